The first kappa shape index (κ1) is 14.7. The Kier molecular flexibility index (Phi) is 4.57. The van der Waals surface area contributed by atoms with Crippen molar-refractivity contribution in [2.75, 3.05) is 39.0 Å². The lowest BCUT2D eigenvalue weighted by atomic mass is 10.1. The van der Waals surface area contributed by atoms with Gasteiger partial charge in [-0.3, -0.25) is 15.0 Å². The molecule has 6 nitrogen and oxygen atoms in total. The molecule has 0 aliphatic carbocycles. The van der Waals surface area contributed by atoms with E-state index in [1.54, 1.807) is 19.2 Å². The molecule has 2 rings (SSSR count). The number of likely N-dealkylation sites (N-methyl/N-ethyl adjacent to an activating group) is 1. The first-order chi connectivity index (χ1) is 9.52. The van der Waals surface area contributed by atoms with Crippen LogP contribution in [0.25, 0.3) is 0 Å². The van der Waals surface area contributed by atoms with Crippen molar-refractivity contribution in [3.05, 3.63) is 33.9 Å². The number of benzene rings is 1. The first-order valence-corrected chi connectivity index (χ1v) is 6.89. The summed E-state index contributed by atoms with van der Waals surface area (Å²) in [4.78, 5) is 15.4. The van der Waals surface area contributed by atoms with Gasteiger partial charge in [0.1, 0.15) is 5.69 Å². The average Bonchev–Trinajstić information content (AvgIpc) is 2.41. The van der Waals surface area contributed by atoms with Gasteiger partial charge in [-0.05, 0) is 19.5 Å². The lowest BCUT2D eigenvalue weighted by molar-refractivity contribution is -0.384. The maximum Gasteiger partial charge on any atom is 0.292 e. The van der Waals surface area contributed by atoms with Crippen molar-refractivity contribution in [3.63, 3.8) is 0 Å². The number of hydrogen-bond acceptors (Lipinski definition) is 5. The quantitative estimate of drug-likeness (QED) is 0.672. The molecule has 1 aliphatic rings. The molecule has 6 heteroatoms. The summed E-state index contributed by atoms with van der Waals surface area (Å²) in [6.45, 7) is 6.00. The molecule has 110 valence electrons. The number of hydrogen-bond donors (Lipinski definition) is 1. The third-order valence-corrected chi connectivity index (χ3v) is 3.92. The molecule has 1 unspecified atom stereocenters. The predicted molar refractivity (Wildman–Crippen MR) is 80.0 cm³/mol. The van der Waals surface area contributed by atoms with E-state index in [1.807, 2.05) is 6.07 Å². The smallest absolute Gasteiger partial charge is 0.292 e. The molecule has 1 aromatic carbocycles. The number of nitro groups is 1. The summed E-state index contributed by atoms with van der Waals surface area (Å²) < 4.78 is 0. The second-order valence-corrected chi connectivity index (χ2v) is 5.40. The van der Waals surface area contributed by atoms with Crippen molar-refractivity contribution in [1.29, 1.82) is 0 Å². The van der Waals surface area contributed by atoms with E-state index in [0.29, 0.717) is 11.7 Å². The Morgan fingerprint density at radius 1 is 1.45 bits per heavy atom. The fourth-order valence-electron chi connectivity index (χ4n) is 2.79. The predicted octanol–water partition coefficient (Wildman–Crippen LogP) is 1.77. The van der Waals surface area contributed by atoms with Gasteiger partial charge in [0.25, 0.3) is 5.69 Å². The van der Waals surface area contributed by atoms with Crippen LogP contribution in [0, 0.1) is 10.1 Å². The summed E-state index contributed by atoms with van der Waals surface area (Å²) in [6, 6.07) is 5.72. The molecule has 20 heavy (non-hydrogen) atoms. The van der Waals surface area contributed by atoms with E-state index in [4.69, 9.17) is 0 Å². The third-order valence-electron chi connectivity index (χ3n) is 3.92. The molecule has 0 radical (unpaired) electrons. The normalized spacial score (nSPS) is 20.9. The van der Waals surface area contributed by atoms with Gasteiger partial charge < -0.3 is 10.2 Å². The number of para-hydroxylation sites is 1. The topological polar surface area (TPSA) is 61.6 Å². The van der Waals surface area contributed by atoms with Crippen molar-refractivity contribution >= 4 is 11.4 Å². The van der Waals surface area contributed by atoms with Crippen LogP contribution in [-0.4, -0.2) is 54.5 Å². The number of nitrogens with one attached hydrogen (secondary N) is 1. The molecule has 1 aliphatic heterocycles. The zero-order valence-electron chi connectivity index (χ0n) is 12.3. The molecular weight excluding hydrogens is 256 g/mol. The van der Waals surface area contributed by atoms with Crippen molar-refractivity contribution in [1.82, 2.24) is 9.80 Å². The van der Waals surface area contributed by atoms with E-state index in [1.165, 1.54) is 0 Å². The Morgan fingerprint density at radius 3 is 2.80 bits per heavy atom. The van der Waals surface area contributed by atoms with Crippen molar-refractivity contribution < 1.29 is 4.92 Å². The molecule has 1 aromatic rings. The minimum Gasteiger partial charge on any atom is -0.382 e. The Labute approximate surface area is 119 Å². The van der Waals surface area contributed by atoms with Gasteiger partial charge in [0, 0.05) is 45.3 Å². The van der Waals surface area contributed by atoms with Crippen LogP contribution in [0.5, 0.6) is 0 Å². The Bertz CT molecular complexity index is 492. The van der Waals surface area contributed by atoms with Crippen LogP contribution < -0.4 is 5.32 Å². The van der Waals surface area contributed by atoms with Gasteiger partial charge in [-0.2, -0.15) is 0 Å². The molecule has 1 N–H and O–H groups in total. The number of nitrogens with zero attached hydrogens (tertiary/aromatic N) is 3. The van der Waals surface area contributed by atoms with Crippen LogP contribution in [0.1, 0.15) is 12.5 Å². The maximum atomic E-state index is 11.1. The standard InChI is InChI=1S/C14H22N4O2/c1-11-9-16(3)7-8-17(11)10-12-5-4-6-13(18(19)20)14(12)15-2/h4-6,11,15H,7-10H2,1-3H3. The Hall–Kier alpha value is -1.66. The molecule has 1 atom stereocenters. The van der Waals surface area contributed by atoms with Gasteiger partial charge >= 0.3 is 0 Å². The van der Waals surface area contributed by atoms with Crippen LogP contribution >= 0.6 is 0 Å². The summed E-state index contributed by atoms with van der Waals surface area (Å²) in [5.41, 5.74) is 1.76. The first-order valence-electron chi connectivity index (χ1n) is 6.89. The number of rotatable bonds is 4. The van der Waals surface area contributed by atoms with Crippen LogP contribution in [0.4, 0.5) is 11.4 Å². The zero-order valence-corrected chi connectivity index (χ0v) is 12.3. The highest BCUT2D eigenvalue weighted by Gasteiger charge is 2.24. The van der Waals surface area contributed by atoms with E-state index >= 15 is 0 Å². The van der Waals surface area contributed by atoms with Gasteiger partial charge in [0.2, 0.25) is 0 Å². The fourth-order valence-corrected chi connectivity index (χ4v) is 2.79. The summed E-state index contributed by atoms with van der Waals surface area (Å²) in [7, 11) is 3.86. The van der Waals surface area contributed by atoms with E-state index in [2.05, 4.69) is 29.1 Å². The molecule has 1 saturated heterocycles. The third kappa shape index (κ3) is 3.08. The van der Waals surface area contributed by atoms with Gasteiger partial charge in [-0.15, -0.1) is 0 Å². The van der Waals surface area contributed by atoms with E-state index < -0.39 is 0 Å². The number of anilines is 1. The molecule has 0 amide bonds. The lowest BCUT2D eigenvalue weighted by Gasteiger charge is -2.38. The van der Waals surface area contributed by atoms with Crippen LogP contribution in [0.2, 0.25) is 0 Å². The van der Waals surface area contributed by atoms with Gasteiger partial charge in [-0.1, -0.05) is 12.1 Å². The van der Waals surface area contributed by atoms with Crippen molar-refractivity contribution in [2.45, 2.75) is 19.5 Å². The summed E-state index contributed by atoms with van der Waals surface area (Å²) in [5.74, 6) is 0. The highest BCUT2D eigenvalue weighted by Crippen LogP contribution is 2.29. The second kappa shape index (κ2) is 6.19. The van der Waals surface area contributed by atoms with Gasteiger partial charge in [0.15, 0.2) is 0 Å². The van der Waals surface area contributed by atoms with E-state index in [-0.39, 0.29) is 10.6 Å². The maximum absolute atomic E-state index is 11.1. The number of piperazine rings is 1. The second-order valence-electron chi connectivity index (χ2n) is 5.40. The SMILES string of the molecule is CNc1c(CN2CCN(C)CC2C)cccc1[N+](=O)[O-]. The Morgan fingerprint density at radius 2 is 2.20 bits per heavy atom. The average molecular weight is 278 g/mol. The number of nitro benzene ring substituents is 1. The summed E-state index contributed by atoms with van der Waals surface area (Å²) in [6.07, 6.45) is 0. The van der Waals surface area contributed by atoms with Crippen molar-refractivity contribution in [3.8, 4) is 0 Å². The summed E-state index contributed by atoms with van der Waals surface area (Å²) >= 11 is 0. The lowest BCUT2D eigenvalue weighted by Crippen LogP contribution is -2.49. The minimum atomic E-state index is -0.331. The highest BCUT2D eigenvalue weighted by molar-refractivity contribution is 5.66. The molecule has 0 spiro atoms. The van der Waals surface area contributed by atoms with Crippen LogP contribution in [-0.2, 0) is 6.54 Å². The van der Waals surface area contributed by atoms with E-state index in [0.717, 1.165) is 31.7 Å². The van der Waals surface area contributed by atoms with Gasteiger partial charge in [-0.25, -0.2) is 0 Å². The Balaban J connectivity index is 2.21. The molecule has 0 bridgehead atoms. The molecule has 1 fully saturated rings. The van der Waals surface area contributed by atoms with Crippen LogP contribution in [0.3, 0.4) is 0 Å². The molecular formula is C14H22N4O2. The van der Waals surface area contributed by atoms with E-state index in [9.17, 15) is 10.1 Å². The van der Waals surface area contributed by atoms with Gasteiger partial charge in [0.05, 0.1) is 4.92 Å². The zero-order chi connectivity index (χ0) is 14.7. The molecule has 1 heterocycles. The fraction of sp³-hybridized carbons (Fsp3) is 0.571. The highest BCUT2D eigenvalue weighted by atomic mass is 16.6. The minimum absolute atomic E-state index is 0.145. The molecule has 0 saturated carbocycles. The largest absolute Gasteiger partial charge is 0.382 e. The molecule has 0 aromatic heterocycles. The van der Waals surface area contributed by atoms with Crippen LogP contribution in [0.15, 0.2) is 18.2 Å². The summed E-state index contributed by atoms with van der Waals surface area (Å²) in [5, 5.41) is 14.1. The monoisotopic (exact) mass is 278 g/mol. The van der Waals surface area contributed by atoms with Crippen molar-refractivity contribution in [2.24, 2.45) is 0 Å².